The first-order valence-electron chi connectivity index (χ1n) is 3.22. The van der Waals surface area contributed by atoms with Crippen molar-refractivity contribution in [1.29, 1.82) is 0 Å². The lowest BCUT2D eigenvalue weighted by molar-refractivity contribution is 1.46. The number of nitrogens with one attached hydrogen (secondary N) is 1. The fourth-order valence-corrected chi connectivity index (χ4v) is 1.02. The van der Waals surface area contributed by atoms with Crippen molar-refractivity contribution in [2.75, 3.05) is 12.4 Å². The Hall–Kier alpha value is -1.02. The predicted molar refractivity (Wildman–Crippen MR) is 50.2 cm³/mol. The second kappa shape index (κ2) is 3.39. The number of nitrogens with zero attached hydrogens (tertiary/aromatic N) is 1. The Bertz CT molecular complexity index is 271. The van der Waals surface area contributed by atoms with Crippen molar-refractivity contribution in [3.8, 4) is 0 Å². The van der Waals surface area contributed by atoms with Crippen LogP contribution in [0.5, 0.6) is 0 Å². The van der Waals surface area contributed by atoms with Crippen LogP contribution < -0.4 is 5.32 Å². The maximum atomic E-state index is 5.75. The van der Waals surface area contributed by atoms with Crippen LogP contribution in [-0.4, -0.2) is 13.8 Å². The van der Waals surface area contributed by atoms with Gasteiger partial charge >= 0.3 is 0 Å². The van der Waals surface area contributed by atoms with Crippen molar-refractivity contribution < 1.29 is 0 Å². The highest BCUT2D eigenvalue weighted by Crippen LogP contribution is 2.26. The van der Waals surface area contributed by atoms with E-state index in [2.05, 4.69) is 17.0 Å². The van der Waals surface area contributed by atoms with Gasteiger partial charge in [-0.25, -0.2) is 0 Å². The molecule has 0 unspecified atom stereocenters. The molecule has 0 aliphatic carbocycles. The number of benzene rings is 1. The molecule has 3 heteroatoms. The van der Waals surface area contributed by atoms with E-state index < -0.39 is 0 Å². The van der Waals surface area contributed by atoms with Crippen molar-refractivity contribution in [1.82, 2.24) is 0 Å². The largest absolute Gasteiger partial charge is 0.386 e. The maximum Gasteiger partial charge on any atom is 0.0854 e. The van der Waals surface area contributed by atoms with E-state index in [0.717, 1.165) is 11.4 Å². The molecule has 0 bridgehead atoms. The molecule has 0 spiro atoms. The molecule has 2 nitrogen and oxygen atoms in total. The smallest absolute Gasteiger partial charge is 0.0854 e. The first kappa shape index (κ1) is 8.08. The van der Waals surface area contributed by atoms with Crippen LogP contribution in [0, 0.1) is 0 Å². The normalized spacial score (nSPS) is 9.27. The van der Waals surface area contributed by atoms with Crippen molar-refractivity contribution in [3.05, 3.63) is 23.2 Å². The molecule has 1 rings (SSSR count). The molecule has 1 aromatic rings. The standard InChI is InChI=1S/C8H9ClN2/c1-10-7-4-3-6(9)5-8(7)11-2/h3-5,11H,1H2,2H3. The lowest BCUT2D eigenvalue weighted by Gasteiger charge is -2.03. The molecule has 0 saturated carbocycles. The Morgan fingerprint density at radius 3 is 2.82 bits per heavy atom. The first-order valence-corrected chi connectivity index (χ1v) is 3.59. The van der Waals surface area contributed by atoms with Gasteiger partial charge in [-0.15, -0.1) is 0 Å². The molecule has 0 fully saturated rings. The van der Waals surface area contributed by atoms with Crippen LogP contribution in [0.3, 0.4) is 0 Å². The van der Waals surface area contributed by atoms with Crippen LogP contribution in [0.15, 0.2) is 23.2 Å². The summed E-state index contributed by atoms with van der Waals surface area (Å²) in [7, 11) is 1.82. The van der Waals surface area contributed by atoms with E-state index in [-0.39, 0.29) is 0 Å². The van der Waals surface area contributed by atoms with Crippen molar-refractivity contribution in [3.63, 3.8) is 0 Å². The quantitative estimate of drug-likeness (QED) is 0.675. The highest BCUT2D eigenvalue weighted by molar-refractivity contribution is 6.31. The summed E-state index contributed by atoms with van der Waals surface area (Å²) in [4.78, 5) is 3.81. The van der Waals surface area contributed by atoms with Gasteiger partial charge in [-0.05, 0) is 24.9 Å². The van der Waals surface area contributed by atoms with Gasteiger partial charge in [0.15, 0.2) is 0 Å². The summed E-state index contributed by atoms with van der Waals surface area (Å²) < 4.78 is 0. The number of hydrogen-bond donors (Lipinski definition) is 1. The van der Waals surface area contributed by atoms with Crippen LogP contribution in [0.2, 0.25) is 5.02 Å². The summed E-state index contributed by atoms with van der Waals surface area (Å²) in [5.74, 6) is 0. The molecule has 0 aliphatic heterocycles. The molecule has 58 valence electrons. The lowest BCUT2D eigenvalue weighted by atomic mass is 10.3. The molecule has 0 radical (unpaired) electrons. The molecule has 1 aromatic carbocycles. The molecule has 0 aliphatic rings. The van der Waals surface area contributed by atoms with Crippen LogP contribution in [0.1, 0.15) is 0 Å². The minimum atomic E-state index is 0.696. The third-order valence-corrected chi connectivity index (χ3v) is 1.63. The molecular formula is C8H9ClN2. The molecule has 0 atom stereocenters. The van der Waals surface area contributed by atoms with E-state index in [4.69, 9.17) is 11.6 Å². The highest BCUT2D eigenvalue weighted by Gasteiger charge is 1.97. The van der Waals surface area contributed by atoms with E-state index in [1.807, 2.05) is 19.2 Å². The minimum absolute atomic E-state index is 0.696. The van der Waals surface area contributed by atoms with Crippen molar-refractivity contribution in [2.45, 2.75) is 0 Å². The Morgan fingerprint density at radius 1 is 1.55 bits per heavy atom. The molecular weight excluding hydrogens is 160 g/mol. The Morgan fingerprint density at radius 2 is 2.27 bits per heavy atom. The van der Waals surface area contributed by atoms with Crippen molar-refractivity contribution in [2.24, 2.45) is 4.99 Å². The first-order chi connectivity index (χ1) is 5.27. The number of hydrogen-bond acceptors (Lipinski definition) is 2. The SMILES string of the molecule is C=Nc1ccc(Cl)cc1NC. The zero-order valence-corrected chi connectivity index (χ0v) is 7.02. The van der Waals surface area contributed by atoms with Gasteiger partial charge in [0.25, 0.3) is 0 Å². The molecule has 0 saturated heterocycles. The Balaban J connectivity index is 3.16. The summed E-state index contributed by atoms with van der Waals surface area (Å²) in [5.41, 5.74) is 1.71. The highest BCUT2D eigenvalue weighted by atomic mass is 35.5. The average Bonchev–Trinajstić information content (AvgIpc) is 2.04. The van der Waals surface area contributed by atoms with Crippen molar-refractivity contribution >= 4 is 29.7 Å². The zero-order valence-electron chi connectivity index (χ0n) is 6.26. The summed E-state index contributed by atoms with van der Waals surface area (Å²) in [5, 5.41) is 3.67. The van der Waals surface area contributed by atoms with Crippen LogP contribution in [-0.2, 0) is 0 Å². The zero-order chi connectivity index (χ0) is 8.27. The van der Waals surface area contributed by atoms with E-state index in [9.17, 15) is 0 Å². The molecule has 0 heterocycles. The monoisotopic (exact) mass is 168 g/mol. The maximum absolute atomic E-state index is 5.75. The fourth-order valence-electron chi connectivity index (χ4n) is 0.846. The third kappa shape index (κ3) is 1.71. The summed E-state index contributed by atoms with van der Waals surface area (Å²) in [6.45, 7) is 3.44. The summed E-state index contributed by atoms with van der Waals surface area (Å²) >= 11 is 5.75. The van der Waals surface area contributed by atoms with Gasteiger partial charge in [-0.1, -0.05) is 11.6 Å². The van der Waals surface area contributed by atoms with E-state index in [1.165, 1.54) is 0 Å². The Labute approximate surface area is 70.9 Å². The van der Waals surface area contributed by atoms with E-state index >= 15 is 0 Å². The summed E-state index contributed by atoms with van der Waals surface area (Å²) in [6.07, 6.45) is 0. The number of aliphatic imine (C=N–C) groups is 1. The predicted octanol–water partition coefficient (Wildman–Crippen LogP) is 2.71. The second-order valence-electron chi connectivity index (χ2n) is 2.07. The molecule has 0 aromatic heterocycles. The van der Waals surface area contributed by atoms with Gasteiger partial charge in [0, 0.05) is 12.1 Å². The van der Waals surface area contributed by atoms with Gasteiger partial charge in [-0.3, -0.25) is 4.99 Å². The topological polar surface area (TPSA) is 24.4 Å². The van der Waals surface area contributed by atoms with E-state index in [1.54, 1.807) is 6.07 Å². The van der Waals surface area contributed by atoms with E-state index in [0.29, 0.717) is 5.02 Å². The number of anilines is 1. The van der Waals surface area contributed by atoms with Gasteiger partial charge in [0.05, 0.1) is 11.4 Å². The number of halogens is 1. The Kier molecular flexibility index (Phi) is 2.49. The van der Waals surface area contributed by atoms with Gasteiger partial charge in [0.2, 0.25) is 0 Å². The fraction of sp³-hybridized carbons (Fsp3) is 0.125. The van der Waals surface area contributed by atoms with Gasteiger partial charge in [-0.2, -0.15) is 0 Å². The third-order valence-electron chi connectivity index (χ3n) is 1.40. The average molecular weight is 169 g/mol. The molecule has 0 amide bonds. The van der Waals surface area contributed by atoms with Gasteiger partial charge in [0.1, 0.15) is 0 Å². The van der Waals surface area contributed by atoms with Gasteiger partial charge < -0.3 is 5.32 Å². The molecule has 1 N–H and O–H groups in total. The van der Waals surface area contributed by atoms with Crippen LogP contribution in [0.25, 0.3) is 0 Å². The lowest BCUT2D eigenvalue weighted by Crippen LogP contribution is -1.87. The van der Waals surface area contributed by atoms with Crippen LogP contribution >= 0.6 is 11.6 Å². The van der Waals surface area contributed by atoms with Crippen LogP contribution in [0.4, 0.5) is 11.4 Å². The summed E-state index contributed by atoms with van der Waals surface area (Å²) in [6, 6.07) is 5.42. The number of rotatable bonds is 2. The molecule has 11 heavy (non-hydrogen) atoms. The second-order valence-corrected chi connectivity index (χ2v) is 2.51. The minimum Gasteiger partial charge on any atom is -0.386 e.